The zero-order valence-corrected chi connectivity index (χ0v) is 37.3. The van der Waals surface area contributed by atoms with Crippen LogP contribution in [-0.2, 0) is 18.4 Å². The highest BCUT2D eigenvalue weighted by molar-refractivity contribution is 7.47. The predicted octanol–water partition coefficient (Wildman–Crippen LogP) is 13.6. The third kappa shape index (κ3) is 41.2. The molecular formula is C46H93N2O6P. The summed E-state index contributed by atoms with van der Waals surface area (Å²) in [7, 11) is -4.31. The summed E-state index contributed by atoms with van der Waals surface area (Å²) >= 11 is 0. The Kier molecular flexibility index (Phi) is 42.2. The zero-order chi connectivity index (χ0) is 40.3. The molecule has 0 fully saturated rings. The van der Waals surface area contributed by atoms with E-state index >= 15 is 0 Å². The van der Waals surface area contributed by atoms with E-state index in [0.29, 0.717) is 12.8 Å². The van der Waals surface area contributed by atoms with Crippen LogP contribution in [0.5, 0.6) is 0 Å². The molecule has 0 spiro atoms. The lowest BCUT2D eigenvalue weighted by Gasteiger charge is -2.25. The summed E-state index contributed by atoms with van der Waals surface area (Å²) < 4.78 is 22.2. The predicted molar refractivity (Wildman–Crippen MR) is 235 cm³/mol. The Morgan fingerprint density at radius 1 is 0.582 bits per heavy atom. The number of nitrogens with two attached hydrogens (primary N) is 1. The highest BCUT2D eigenvalue weighted by atomic mass is 31.2. The first kappa shape index (κ1) is 54.2. The van der Waals surface area contributed by atoms with Gasteiger partial charge in [0.25, 0.3) is 0 Å². The maximum Gasteiger partial charge on any atom is 0.472 e. The van der Waals surface area contributed by atoms with Gasteiger partial charge >= 0.3 is 7.82 Å². The van der Waals surface area contributed by atoms with E-state index in [1.165, 1.54) is 180 Å². The number of allylic oxidation sites excluding steroid dienone is 2. The molecule has 0 aliphatic rings. The molecule has 0 saturated heterocycles. The number of unbranched alkanes of at least 4 members (excludes halogenated alkanes) is 31. The number of rotatable bonds is 45. The van der Waals surface area contributed by atoms with Crippen molar-refractivity contribution in [3.63, 3.8) is 0 Å². The minimum absolute atomic E-state index is 0.0905. The molecule has 0 aromatic heterocycles. The second kappa shape index (κ2) is 42.8. The summed E-state index contributed by atoms with van der Waals surface area (Å²) in [6, 6.07) is -0.772. The van der Waals surface area contributed by atoms with E-state index in [1.807, 2.05) is 0 Å². The first-order valence-electron chi connectivity index (χ1n) is 23.8. The van der Waals surface area contributed by atoms with Crippen LogP contribution in [0.4, 0.5) is 0 Å². The van der Waals surface area contributed by atoms with Crippen LogP contribution in [0.3, 0.4) is 0 Å². The van der Waals surface area contributed by atoms with Crippen LogP contribution in [0.15, 0.2) is 12.2 Å². The summed E-state index contributed by atoms with van der Waals surface area (Å²) in [6.07, 6.45) is 47.9. The highest BCUT2D eigenvalue weighted by Gasteiger charge is 2.27. The van der Waals surface area contributed by atoms with Gasteiger partial charge in [-0.2, -0.15) is 0 Å². The van der Waals surface area contributed by atoms with Gasteiger partial charge in [-0.3, -0.25) is 13.8 Å². The van der Waals surface area contributed by atoms with Gasteiger partial charge in [0, 0.05) is 13.0 Å². The molecule has 0 aromatic rings. The van der Waals surface area contributed by atoms with Crippen molar-refractivity contribution in [2.24, 2.45) is 5.73 Å². The van der Waals surface area contributed by atoms with E-state index in [2.05, 4.69) is 31.3 Å². The number of hydrogen-bond donors (Lipinski definition) is 4. The summed E-state index contributed by atoms with van der Waals surface area (Å²) in [4.78, 5) is 22.8. The number of nitrogens with one attached hydrogen (secondary N) is 1. The van der Waals surface area contributed by atoms with Gasteiger partial charge < -0.3 is 21.1 Å². The fourth-order valence-corrected chi connectivity index (χ4v) is 8.01. The van der Waals surface area contributed by atoms with Gasteiger partial charge in [0.05, 0.1) is 25.4 Å². The molecule has 0 radical (unpaired) electrons. The fraction of sp³-hybridized carbons (Fsp3) is 0.935. The van der Waals surface area contributed by atoms with Gasteiger partial charge in [-0.05, 0) is 38.5 Å². The van der Waals surface area contributed by atoms with E-state index in [1.54, 1.807) is 0 Å². The van der Waals surface area contributed by atoms with Crippen LogP contribution in [0.1, 0.15) is 245 Å². The first-order valence-corrected chi connectivity index (χ1v) is 25.3. The van der Waals surface area contributed by atoms with Gasteiger partial charge in [-0.15, -0.1) is 0 Å². The number of phosphoric ester groups is 1. The van der Waals surface area contributed by atoms with Crippen molar-refractivity contribution in [2.45, 2.75) is 257 Å². The molecule has 0 bridgehead atoms. The lowest BCUT2D eigenvalue weighted by Crippen LogP contribution is -2.46. The standard InChI is InChI=1S/C46H93N2O6P/c1-3-5-7-9-11-13-15-17-19-21-22-24-26-28-30-32-34-36-38-40-46(50)48-44(43-54-55(51,52)53-42-41-47)45(49)39-37-35-33-31-29-27-25-23-20-18-16-14-12-10-8-6-4-2/h17,19,44-45,49H,3-16,18,20-43,47H2,1-2H3,(H,48,50)(H,51,52)/b19-17-. The van der Waals surface area contributed by atoms with Crippen LogP contribution in [-0.4, -0.2) is 47.8 Å². The highest BCUT2D eigenvalue weighted by Crippen LogP contribution is 2.43. The molecule has 8 nitrogen and oxygen atoms in total. The molecule has 328 valence electrons. The van der Waals surface area contributed by atoms with Crippen molar-refractivity contribution < 1.29 is 28.4 Å². The summed E-state index contributed by atoms with van der Waals surface area (Å²) in [6.45, 7) is 4.23. The smallest absolute Gasteiger partial charge is 0.391 e. The Bertz CT molecular complexity index is 875. The minimum atomic E-state index is -4.31. The van der Waals surface area contributed by atoms with Gasteiger partial charge in [0.2, 0.25) is 5.91 Å². The number of carbonyl (C=O) groups is 1. The van der Waals surface area contributed by atoms with Gasteiger partial charge in [-0.25, -0.2) is 4.57 Å². The minimum Gasteiger partial charge on any atom is -0.391 e. The Morgan fingerprint density at radius 3 is 1.35 bits per heavy atom. The maximum atomic E-state index is 12.8. The van der Waals surface area contributed by atoms with Crippen molar-refractivity contribution in [3.05, 3.63) is 12.2 Å². The van der Waals surface area contributed by atoms with Crippen molar-refractivity contribution >= 4 is 13.7 Å². The normalized spacial score (nSPS) is 14.1. The second-order valence-electron chi connectivity index (χ2n) is 16.3. The van der Waals surface area contributed by atoms with E-state index in [9.17, 15) is 19.4 Å². The number of phosphoric acid groups is 1. The van der Waals surface area contributed by atoms with Crippen molar-refractivity contribution in [1.29, 1.82) is 0 Å². The van der Waals surface area contributed by atoms with Crippen molar-refractivity contribution in [3.8, 4) is 0 Å². The first-order chi connectivity index (χ1) is 26.9. The summed E-state index contributed by atoms with van der Waals surface area (Å²) in [5, 5.41) is 13.8. The van der Waals surface area contributed by atoms with E-state index < -0.39 is 20.0 Å². The van der Waals surface area contributed by atoms with Gasteiger partial charge in [0.1, 0.15) is 0 Å². The molecule has 0 aliphatic carbocycles. The molecular weight excluding hydrogens is 707 g/mol. The number of hydrogen-bond acceptors (Lipinski definition) is 6. The molecule has 0 aliphatic heterocycles. The Balaban J connectivity index is 4.08. The summed E-state index contributed by atoms with van der Waals surface area (Å²) in [5.74, 6) is -0.160. The maximum absolute atomic E-state index is 12.8. The molecule has 55 heavy (non-hydrogen) atoms. The Hall–Kier alpha value is -0.760. The Morgan fingerprint density at radius 2 is 0.945 bits per heavy atom. The molecule has 0 saturated carbocycles. The lowest BCUT2D eigenvalue weighted by molar-refractivity contribution is -0.123. The SMILES string of the molecule is CCCCCCCC/C=C\CCCCCCCCCCCC(=O)NC(COP(=O)(O)OCCN)C(O)CCCCCCCCCCCCCCCCCCC. The molecule has 0 heterocycles. The number of amides is 1. The van der Waals surface area contributed by atoms with Crippen molar-refractivity contribution in [1.82, 2.24) is 5.32 Å². The molecule has 3 unspecified atom stereocenters. The van der Waals surface area contributed by atoms with Gasteiger partial charge in [0.15, 0.2) is 0 Å². The quantitative estimate of drug-likeness (QED) is 0.0274. The summed E-state index contributed by atoms with van der Waals surface area (Å²) in [5.41, 5.74) is 5.39. The van der Waals surface area contributed by atoms with E-state index in [-0.39, 0.29) is 25.7 Å². The van der Waals surface area contributed by atoms with Crippen molar-refractivity contribution in [2.75, 3.05) is 19.8 Å². The van der Waals surface area contributed by atoms with Crippen LogP contribution < -0.4 is 11.1 Å². The average Bonchev–Trinajstić information content (AvgIpc) is 3.17. The third-order valence-electron chi connectivity index (χ3n) is 10.9. The van der Waals surface area contributed by atoms with Crippen LogP contribution in [0.25, 0.3) is 0 Å². The lowest BCUT2D eigenvalue weighted by atomic mass is 10.0. The number of carbonyl (C=O) groups excluding carboxylic acids is 1. The monoisotopic (exact) mass is 801 g/mol. The van der Waals surface area contributed by atoms with Gasteiger partial charge in [-0.1, -0.05) is 212 Å². The Labute approximate surface area is 341 Å². The largest absolute Gasteiger partial charge is 0.472 e. The third-order valence-corrected chi connectivity index (χ3v) is 11.9. The molecule has 3 atom stereocenters. The zero-order valence-electron chi connectivity index (χ0n) is 36.4. The number of aliphatic hydroxyl groups is 1. The van der Waals surface area contributed by atoms with E-state index in [0.717, 1.165) is 38.5 Å². The van der Waals surface area contributed by atoms with Crippen LogP contribution in [0.2, 0.25) is 0 Å². The molecule has 5 N–H and O–H groups in total. The molecule has 0 aromatic carbocycles. The molecule has 9 heteroatoms. The molecule has 0 rings (SSSR count). The van der Waals surface area contributed by atoms with Crippen LogP contribution >= 0.6 is 7.82 Å². The van der Waals surface area contributed by atoms with E-state index in [4.69, 9.17) is 14.8 Å². The number of aliphatic hydroxyl groups excluding tert-OH is 1. The molecule has 1 amide bonds. The topological polar surface area (TPSA) is 131 Å². The second-order valence-corrected chi connectivity index (χ2v) is 17.8. The van der Waals surface area contributed by atoms with Crippen LogP contribution in [0, 0.1) is 0 Å². The average molecular weight is 801 g/mol. The fourth-order valence-electron chi connectivity index (χ4n) is 7.25.